The number of hydrogen-bond acceptors (Lipinski definition) is 1. The predicted molar refractivity (Wildman–Crippen MR) is 123 cm³/mol. The summed E-state index contributed by atoms with van der Waals surface area (Å²) in [6, 6.07) is 15.5. The molecule has 3 aromatic rings. The molecule has 0 bridgehead atoms. The lowest BCUT2D eigenvalue weighted by Gasteiger charge is -2.37. The Morgan fingerprint density at radius 2 is 1.43 bits per heavy atom. The fourth-order valence-corrected chi connectivity index (χ4v) is 4.68. The van der Waals surface area contributed by atoms with Gasteiger partial charge in [-0.05, 0) is 59.9 Å². The quantitative estimate of drug-likeness (QED) is 0.372. The summed E-state index contributed by atoms with van der Waals surface area (Å²) in [5.74, 6) is -1.64. The van der Waals surface area contributed by atoms with Crippen molar-refractivity contribution in [3.8, 4) is 0 Å². The molecule has 2 N–H and O–H groups in total. The van der Waals surface area contributed by atoms with Gasteiger partial charge < -0.3 is 10.6 Å². The Bertz CT molecular complexity index is 1160. The Labute approximate surface area is 200 Å². The molecular formula is C27H25F5N2O. The van der Waals surface area contributed by atoms with E-state index in [0.29, 0.717) is 17.2 Å². The van der Waals surface area contributed by atoms with Gasteiger partial charge in [0.2, 0.25) is 0 Å². The van der Waals surface area contributed by atoms with Crippen molar-refractivity contribution in [1.29, 1.82) is 0 Å². The van der Waals surface area contributed by atoms with Gasteiger partial charge in [0.1, 0.15) is 11.6 Å². The molecule has 1 fully saturated rings. The number of nitrogens with one attached hydrogen (secondary N) is 2. The molecule has 184 valence electrons. The van der Waals surface area contributed by atoms with Gasteiger partial charge in [-0.25, -0.2) is 13.6 Å². The van der Waals surface area contributed by atoms with Crippen LogP contribution in [0.5, 0.6) is 0 Å². The Morgan fingerprint density at radius 3 is 2.06 bits per heavy atom. The second-order valence-corrected chi connectivity index (χ2v) is 8.88. The van der Waals surface area contributed by atoms with Gasteiger partial charge in [-0.3, -0.25) is 0 Å². The summed E-state index contributed by atoms with van der Waals surface area (Å²) in [6.45, 7) is 0. The molecule has 3 nitrogen and oxygen atoms in total. The Morgan fingerprint density at radius 1 is 0.800 bits per heavy atom. The molecule has 1 aliphatic carbocycles. The number of urea groups is 1. The van der Waals surface area contributed by atoms with Gasteiger partial charge in [0, 0.05) is 12.5 Å². The van der Waals surface area contributed by atoms with Crippen molar-refractivity contribution in [3.63, 3.8) is 0 Å². The van der Waals surface area contributed by atoms with E-state index in [0.717, 1.165) is 49.9 Å². The maximum Gasteiger partial charge on any atom is 0.416 e. The topological polar surface area (TPSA) is 41.1 Å². The molecule has 3 aromatic carbocycles. The second-order valence-electron chi connectivity index (χ2n) is 8.88. The van der Waals surface area contributed by atoms with E-state index in [-0.39, 0.29) is 18.0 Å². The molecule has 0 aliphatic heterocycles. The van der Waals surface area contributed by atoms with Crippen LogP contribution in [0.3, 0.4) is 0 Å². The van der Waals surface area contributed by atoms with E-state index in [4.69, 9.17) is 0 Å². The molecule has 0 saturated heterocycles. The normalized spacial score (nSPS) is 16.0. The summed E-state index contributed by atoms with van der Waals surface area (Å²) in [4.78, 5) is 13.2. The number of halogens is 5. The minimum atomic E-state index is -4.80. The maximum atomic E-state index is 14.6. The van der Waals surface area contributed by atoms with Crippen molar-refractivity contribution in [3.05, 3.63) is 107 Å². The third-order valence-corrected chi connectivity index (χ3v) is 6.38. The zero-order valence-electron chi connectivity index (χ0n) is 18.8. The number of benzene rings is 3. The average molecular weight is 489 g/mol. The van der Waals surface area contributed by atoms with Crippen molar-refractivity contribution < 1.29 is 26.7 Å². The molecular weight excluding hydrogens is 463 g/mol. The van der Waals surface area contributed by atoms with Crippen LogP contribution in [0, 0.1) is 11.6 Å². The molecule has 2 amide bonds. The Kier molecular flexibility index (Phi) is 7.10. The molecule has 4 rings (SSSR count). The van der Waals surface area contributed by atoms with E-state index in [1.807, 2.05) is 0 Å². The van der Waals surface area contributed by atoms with Crippen LogP contribution in [0.15, 0.2) is 72.8 Å². The number of amides is 2. The van der Waals surface area contributed by atoms with E-state index in [1.54, 1.807) is 30.3 Å². The van der Waals surface area contributed by atoms with Crippen molar-refractivity contribution in [2.75, 3.05) is 0 Å². The monoisotopic (exact) mass is 488 g/mol. The first-order valence-electron chi connectivity index (χ1n) is 11.4. The van der Waals surface area contributed by atoms with Crippen LogP contribution in [-0.4, -0.2) is 12.1 Å². The largest absolute Gasteiger partial charge is 0.416 e. The van der Waals surface area contributed by atoms with E-state index < -0.39 is 34.9 Å². The molecule has 0 spiro atoms. The zero-order valence-corrected chi connectivity index (χ0v) is 18.8. The molecule has 35 heavy (non-hydrogen) atoms. The average Bonchev–Trinajstić information content (AvgIpc) is 3.31. The molecule has 1 atom stereocenters. The van der Waals surface area contributed by atoms with E-state index in [9.17, 15) is 26.7 Å². The minimum absolute atomic E-state index is 0.0122. The maximum absolute atomic E-state index is 14.6. The summed E-state index contributed by atoms with van der Waals surface area (Å²) >= 11 is 0. The number of carbonyl (C=O) groups is 1. The van der Waals surface area contributed by atoms with Crippen LogP contribution >= 0.6 is 0 Å². The summed E-state index contributed by atoms with van der Waals surface area (Å²) in [5, 5.41) is 5.75. The number of rotatable bonds is 6. The van der Waals surface area contributed by atoms with Crippen LogP contribution in [0.25, 0.3) is 0 Å². The molecule has 1 aliphatic rings. The lowest BCUT2D eigenvalue weighted by Crippen LogP contribution is -2.53. The third-order valence-electron chi connectivity index (χ3n) is 6.38. The number of alkyl halides is 3. The molecule has 0 heterocycles. The van der Waals surface area contributed by atoms with Crippen LogP contribution in [0.1, 0.15) is 47.9 Å². The summed E-state index contributed by atoms with van der Waals surface area (Å²) in [5.41, 5.74) is -1.87. The fraction of sp³-hybridized carbons (Fsp3) is 0.296. The predicted octanol–water partition coefficient (Wildman–Crippen LogP) is 6.71. The van der Waals surface area contributed by atoms with E-state index >= 15 is 0 Å². The van der Waals surface area contributed by atoms with Gasteiger partial charge in [0.05, 0.1) is 11.1 Å². The molecule has 0 aromatic heterocycles. The van der Waals surface area contributed by atoms with Crippen molar-refractivity contribution >= 4 is 6.03 Å². The van der Waals surface area contributed by atoms with Gasteiger partial charge >= 0.3 is 12.2 Å². The second kappa shape index (κ2) is 10.1. The van der Waals surface area contributed by atoms with Crippen molar-refractivity contribution in [1.82, 2.24) is 10.6 Å². The van der Waals surface area contributed by atoms with Gasteiger partial charge in [-0.15, -0.1) is 0 Å². The van der Waals surface area contributed by atoms with Crippen LogP contribution in [-0.2, 0) is 18.1 Å². The standard InChI is InChI=1S/C27H25F5N2O/c28-22-12-10-19(11-13-22)26(17-18-6-2-1-3-7-18,34-25(35)33-24-8-4-5-9-24)20-14-21(27(30,31)32)16-23(29)15-20/h1-3,6-7,10-16,24H,4-5,8-9,17H2,(H2,33,34,35)/t26-/m0/s1. The first-order chi connectivity index (χ1) is 16.7. The lowest BCUT2D eigenvalue weighted by atomic mass is 9.77. The highest BCUT2D eigenvalue weighted by molar-refractivity contribution is 5.76. The number of carbonyl (C=O) groups excluding carboxylic acids is 1. The number of hydrogen-bond donors (Lipinski definition) is 2. The van der Waals surface area contributed by atoms with E-state index in [1.165, 1.54) is 12.1 Å². The van der Waals surface area contributed by atoms with Gasteiger partial charge in [0.15, 0.2) is 0 Å². The molecule has 0 unspecified atom stereocenters. The summed E-state index contributed by atoms with van der Waals surface area (Å²) in [7, 11) is 0. The first-order valence-corrected chi connectivity index (χ1v) is 11.4. The zero-order chi connectivity index (χ0) is 25.1. The fourth-order valence-electron chi connectivity index (χ4n) is 4.68. The highest BCUT2D eigenvalue weighted by Gasteiger charge is 2.40. The summed E-state index contributed by atoms with van der Waals surface area (Å²) < 4.78 is 69.3. The highest BCUT2D eigenvalue weighted by Crippen LogP contribution is 2.38. The summed E-state index contributed by atoms with van der Waals surface area (Å²) in [6.07, 6.45) is -1.25. The molecule has 1 saturated carbocycles. The Hall–Kier alpha value is -3.42. The van der Waals surface area contributed by atoms with Gasteiger partial charge in [0.25, 0.3) is 0 Å². The molecule has 8 heteroatoms. The molecule has 0 radical (unpaired) electrons. The van der Waals surface area contributed by atoms with Crippen LogP contribution in [0.2, 0.25) is 0 Å². The Balaban J connectivity index is 1.89. The highest BCUT2D eigenvalue weighted by atomic mass is 19.4. The first kappa shape index (κ1) is 24.7. The van der Waals surface area contributed by atoms with Gasteiger partial charge in [-0.2, -0.15) is 13.2 Å². The minimum Gasteiger partial charge on any atom is -0.335 e. The van der Waals surface area contributed by atoms with E-state index in [2.05, 4.69) is 10.6 Å². The SMILES string of the molecule is O=C(NC1CCCC1)N[C@@](Cc1ccccc1)(c1ccc(F)cc1)c1cc(F)cc(C(F)(F)F)c1. The smallest absolute Gasteiger partial charge is 0.335 e. The van der Waals surface area contributed by atoms with Crippen molar-refractivity contribution in [2.24, 2.45) is 0 Å². The van der Waals surface area contributed by atoms with Crippen LogP contribution in [0.4, 0.5) is 26.7 Å². The van der Waals surface area contributed by atoms with Gasteiger partial charge in [-0.1, -0.05) is 55.3 Å². The van der Waals surface area contributed by atoms with Crippen molar-refractivity contribution in [2.45, 2.75) is 49.9 Å². The third kappa shape index (κ3) is 5.81. The lowest BCUT2D eigenvalue weighted by molar-refractivity contribution is -0.137. The van der Waals surface area contributed by atoms with Crippen LogP contribution < -0.4 is 10.6 Å².